The Balaban J connectivity index is 1.92. The van der Waals surface area contributed by atoms with Gasteiger partial charge in [0.05, 0.1) is 17.1 Å². The lowest BCUT2D eigenvalue weighted by atomic mass is 10.3. The van der Waals surface area contributed by atoms with Gasteiger partial charge < -0.3 is 9.30 Å². The first-order valence-electron chi connectivity index (χ1n) is 8.01. The molecule has 0 aliphatic carbocycles. The third-order valence-electron chi connectivity index (χ3n) is 4.00. The molecule has 31 heavy (non-hydrogen) atoms. The van der Waals surface area contributed by atoms with Crippen molar-refractivity contribution in [1.29, 1.82) is 0 Å². The van der Waals surface area contributed by atoms with Crippen LogP contribution in [0.15, 0.2) is 35.5 Å². The van der Waals surface area contributed by atoms with Crippen LogP contribution in [0.25, 0.3) is 5.03 Å². The smallest absolute Gasteiger partial charge is 0.485 e. The molecule has 0 unspecified atom stereocenters. The lowest BCUT2D eigenvalue weighted by molar-refractivity contribution is -0.387. The van der Waals surface area contributed by atoms with E-state index >= 15 is 0 Å². The maximum atomic E-state index is 12.9. The van der Waals surface area contributed by atoms with Gasteiger partial charge in [-0.15, -0.1) is 0 Å². The maximum absolute atomic E-state index is 12.9. The number of rotatable bonds is 5. The summed E-state index contributed by atoms with van der Waals surface area (Å²) in [6, 6.07) is 2.87. The normalized spacial score (nSPS) is 14.0. The molecule has 3 rings (SSSR count). The zero-order chi connectivity index (χ0) is 23.1. The Hall–Kier alpha value is -3.33. The Bertz CT molecular complexity index is 1210. The molecule has 16 heteroatoms. The molecular formula is C15H11ClF3N5O6S. The van der Waals surface area contributed by atoms with Crippen molar-refractivity contribution in [3.05, 3.63) is 52.2 Å². The van der Waals surface area contributed by atoms with Crippen LogP contribution in [0.1, 0.15) is 16.3 Å². The average Bonchev–Trinajstić information content (AvgIpc) is 3.11. The van der Waals surface area contributed by atoms with E-state index in [9.17, 15) is 36.5 Å². The second-order valence-electron chi connectivity index (χ2n) is 6.00. The molecule has 0 atom stereocenters. The van der Waals surface area contributed by atoms with E-state index in [1.807, 2.05) is 0 Å². The third kappa shape index (κ3) is 4.41. The van der Waals surface area contributed by atoms with Crippen molar-refractivity contribution in [2.45, 2.75) is 17.9 Å². The van der Waals surface area contributed by atoms with Crippen LogP contribution in [0.5, 0.6) is 5.75 Å². The van der Waals surface area contributed by atoms with E-state index in [-0.39, 0.29) is 16.5 Å². The fraction of sp³-hybridized carbons (Fsp3) is 0.200. The second kappa shape index (κ2) is 7.73. The highest BCUT2D eigenvalue weighted by Gasteiger charge is 2.38. The summed E-state index contributed by atoms with van der Waals surface area (Å²) in [4.78, 5) is 25.4. The van der Waals surface area contributed by atoms with Crippen molar-refractivity contribution in [1.82, 2.24) is 19.2 Å². The van der Waals surface area contributed by atoms with Crippen molar-refractivity contribution >= 4 is 38.3 Å². The number of carbonyl (C=O) groups excluding carboxylic acids is 1. The molecule has 11 nitrogen and oxygen atoms in total. The van der Waals surface area contributed by atoms with Gasteiger partial charge in [0, 0.05) is 24.5 Å². The molecule has 1 aliphatic heterocycles. The van der Waals surface area contributed by atoms with Gasteiger partial charge in [0.1, 0.15) is 18.1 Å². The molecule has 0 fully saturated rings. The van der Waals surface area contributed by atoms with Gasteiger partial charge in [0.25, 0.3) is 21.6 Å². The van der Waals surface area contributed by atoms with Crippen LogP contribution in [0.2, 0.25) is 0 Å². The summed E-state index contributed by atoms with van der Waals surface area (Å²) in [5.41, 5.74) is -1.39. The standard InChI is InChI=1S/C15H11ClF3N5O6S/c1-30-8-2-3-11(24(26)27)12(4-8)31(28,29)21-14(25)10-6-22-7-23(15(17,18)19)5-9(16)13(22)20-10/h2-6H,7H2,1H3,(H,21,25). The van der Waals surface area contributed by atoms with Crippen molar-refractivity contribution in [2.75, 3.05) is 7.11 Å². The summed E-state index contributed by atoms with van der Waals surface area (Å²) in [6.07, 6.45) is -3.31. The van der Waals surface area contributed by atoms with Gasteiger partial charge in [-0.3, -0.25) is 19.8 Å². The number of aromatic nitrogens is 2. The molecule has 1 aliphatic rings. The minimum atomic E-state index is -4.77. The molecule has 2 heterocycles. The van der Waals surface area contributed by atoms with Crippen molar-refractivity contribution < 1.29 is 36.0 Å². The Morgan fingerprint density at radius 3 is 2.65 bits per heavy atom. The van der Waals surface area contributed by atoms with Crippen LogP contribution in [0.4, 0.5) is 18.9 Å². The molecule has 1 amide bonds. The predicted molar refractivity (Wildman–Crippen MR) is 98.3 cm³/mol. The number of nitro groups is 1. The number of imidazole rings is 1. The first kappa shape index (κ1) is 22.4. The number of hydrogen-bond acceptors (Lipinski definition) is 8. The van der Waals surface area contributed by atoms with Gasteiger partial charge in [-0.2, -0.15) is 13.2 Å². The average molecular weight is 482 g/mol. The van der Waals surface area contributed by atoms with Crippen LogP contribution >= 0.6 is 11.6 Å². The number of methoxy groups -OCH3 is 1. The third-order valence-corrected chi connectivity index (χ3v) is 5.63. The number of benzene rings is 1. The van der Waals surface area contributed by atoms with Gasteiger partial charge in [-0.25, -0.2) is 18.1 Å². The molecule has 0 bridgehead atoms. The lowest BCUT2D eigenvalue weighted by Crippen LogP contribution is -2.37. The van der Waals surface area contributed by atoms with E-state index in [0.717, 1.165) is 29.0 Å². The van der Waals surface area contributed by atoms with Crippen LogP contribution in [0, 0.1) is 10.1 Å². The SMILES string of the molecule is COc1ccc([N+](=O)[O-])c(S(=O)(=O)NC(=O)c2cn3c(n2)C(Cl)=CN(C(F)(F)F)C3)c1. The molecule has 1 aromatic heterocycles. The molecule has 166 valence electrons. The quantitative estimate of drug-likeness (QED) is 0.390. The Morgan fingerprint density at radius 1 is 1.39 bits per heavy atom. The van der Waals surface area contributed by atoms with Gasteiger partial charge in [0.2, 0.25) is 0 Å². The van der Waals surface area contributed by atoms with Crippen molar-refractivity contribution in [3.8, 4) is 5.75 Å². The number of sulfonamides is 1. The number of carbonyl (C=O) groups is 1. The highest BCUT2D eigenvalue weighted by Crippen LogP contribution is 2.32. The molecule has 2 aromatic rings. The van der Waals surface area contributed by atoms with E-state index in [2.05, 4.69) is 4.98 Å². The maximum Gasteiger partial charge on any atom is 0.485 e. The summed E-state index contributed by atoms with van der Waals surface area (Å²) in [6.45, 7) is -0.774. The van der Waals surface area contributed by atoms with Gasteiger partial charge >= 0.3 is 6.30 Å². The predicted octanol–water partition coefficient (Wildman–Crippen LogP) is 2.25. The fourth-order valence-electron chi connectivity index (χ4n) is 2.59. The molecule has 0 spiro atoms. The summed E-state index contributed by atoms with van der Waals surface area (Å²) in [5, 5.41) is 10.7. The number of nitrogens with one attached hydrogen (secondary N) is 1. The number of halogens is 4. The zero-order valence-corrected chi connectivity index (χ0v) is 16.8. The van der Waals surface area contributed by atoms with Crippen LogP contribution in [0.3, 0.4) is 0 Å². The summed E-state index contributed by atoms with van der Waals surface area (Å²) < 4.78 is 71.2. The summed E-state index contributed by atoms with van der Waals surface area (Å²) in [7, 11) is -3.57. The number of hydrogen-bond donors (Lipinski definition) is 1. The largest absolute Gasteiger partial charge is 0.497 e. The van der Waals surface area contributed by atoms with E-state index in [1.165, 1.54) is 7.11 Å². The van der Waals surface area contributed by atoms with Gasteiger partial charge in [-0.05, 0) is 6.07 Å². The van der Waals surface area contributed by atoms with Gasteiger partial charge in [0.15, 0.2) is 10.7 Å². The van der Waals surface area contributed by atoms with Crippen LogP contribution in [-0.2, 0) is 16.7 Å². The molecule has 1 aromatic carbocycles. The second-order valence-corrected chi connectivity index (χ2v) is 8.06. The Morgan fingerprint density at radius 2 is 2.06 bits per heavy atom. The number of ether oxygens (including phenoxy) is 1. The number of alkyl halides is 3. The number of fused-ring (bicyclic) bond motifs is 1. The van der Waals surface area contributed by atoms with Crippen molar-refractivity contribution in [2.24, 2.45) is 0 Å². The van der Waals surface area contributed by atoms with Crippen LogP contribution in [-0.4, -0.2) is 47.1 Å². The summed E-state index contributed by atoms with van der Waals surface area (Å²) >= 11 is 5.78. The first-order valence-corrected chi connectivity index (χ1v) is 9.87. The van der Waals surface area contributed by atoms with Crippen LogP contribution < -0.4 is 9.46 Å². The minimum absolute atomic E-state index is 0.0277. The van der Waals surface area contributed by atoms with E-state index < -0.39 is 55.1 Å². The topological polar surface area (TPSA) is 137 Å². The highest BCUT2D eigenvalue weighted by atomic mass is 35.5. The molecule has 0 saturated carbocycles. The number of amides is 1. The van der Waals surface area contributed by atoms with E-state index in [0.29, 0.717) is 6.20 Å². The van der Waals surface area contributed by atoms with E-state index in [1.54, 1.807) is 4.72 Å². The minimum Gasteiger partial charge on any atom is -0.497 e. The molecular weight excluding hydrogens is 471 g/mol. The number of nitro benzene ring substituents is 1. The Labute approximate surface area is 176 Å². The monoisotopic (exact) mass is 481 g/mol. The molecule has 1 N–H and O–H groups in total. The van der Waals surface area contributed by atoms with E-state index in [4.69, 9.17) is 16.3 Å². The molecule has 0 radical (unpaired) electrons. The highest BCUT2D eigenvalue weighted by molar-refractivity contribution is 7.90. The summed E-state index contributed by atoms with van der Waals surface area (Å²) in [5.74, 6) is -1.56. The first-order chi connectivity index (χ1) is 14.3. The van der Waals surface area contributed by atoms with Gasteiger partial charge in [-0.1, -0.05) is 11.6 Å². The van der Waals surface area contributed by atoms with Crippen molar-refractivity contribution in [3.63, 3.8) is 0 Å². The zero-order valence-electron chi connectivity index (χ0n) is 15.3. The lowest BCUT2D eigenvalue weighted by Gasteiger charge is -2.27. The molecule has 0 saturated heterocycles. The Kier molecular flexibility index (Phi) is 5.58. The number of nitrogens with zero attached hydrogens (tertiary/aromatic N) is 4. The fourth-order valence-corrected chi connectivity index (χ4v) is 4.01.